The van der Waals surface area contributed by atoms with E-state index < -0.39 is 0 Å². The van der Waals surface area contributed by atoms with Gasteiger partial charge in [-0.25, -0.2) is 0 Å². The molecule has 1 amide bonds. The quantitative estimate of drug-likeness (QED) is 0.802. The maximum absolute atomic E-state index is 12.5. The average molecular weight is 230 g/mol. The van der Waals surface area contributed by atoms with Gasteiger partial charge in [0.1, 0.15) is 0 Å². The molecule has 2 heterocycles. The lowest BCUT2D eigenvalue weighted by molar-refractivity contribution is 0.0723. The largest absolute Gasteiger partial charge is 0.384 e. The van der Waals surface area contributed by atoms with Crippen molar-refractivity contribution in [1.29, 1.82) is 0 Å². The maximum Gasteiger partial charge on any atom is 0.254 e. The van der Waals surface area contributed by atoms with E-state index in [2.05, 4.69) is 11.4 Å². The van der Waals surface area contributed by atoms with Crippen LogP contribution in [0.5, 0.6) is 0 Å². The van der Waals surface area contributed by atoms with Crippen LogP contribution in [0.25, 0.3) is 0 Å². The molecule has 3 heteroatoms. The van der Waals surface area contributed by atoms with Crippen molar-refractivity contribution >= 4 is 11.6 Å². The first-order chi connectivity index (χ1) is 8.36. The number of hydrogen-bond donors (Lipinski definition) is 1. The summed E-state index contributed by atoms with van der Waals surface area (Å²) in [6.45, 7) is 2.81. The zero-order valence-electron chi connectivity index (χ0n) is 10.0. The lowest BCUT2D eigenvalue weighted by Gasteiger charge is -2.27. The van der Waals surface area contributed by atoms with Crippen molar-refractivity contribution in [3.63, 3.8) is 0 Å². The van der Waals surface area contributed by atoms with Crippen LogP contribution in [-0.4, -0.2) is 30.4 Å². The number of benzene rings is 1. The minimum absolute atomic E-state index is 0.227. The minimum Gasteiger partial charge on any atom is -0.384 e. The molecule has 1 saturated heterocycles. The molecule has 3 rings (SSSR count). The summed E-state index contributed by atoms with van der Waals surface area (Å²) in [5.41, 5.74) is 3.27. The summed E-state index contributed by atoms with van der Waals surface area (Å²) in [5, 5.41) is 3.33. The van der Waals surface area contributed by atoms with Crippen molar-refractivity contribution < 1.29 is 4.79 Å². The van der Waals surface area contributed by atoms with Crippen LogP contribution in [0.3, 0.4) is 0 Å². The Morgan fingerprint density at radius 3 is 2.82 bits per heavy atom. The summed E-state index contributed by atoms with van der Waals surface area (Å²) in [5.74, 6) is 0.227. The van der Waals surface area contributed by atoms with Crippen molar-refractivity contribution in [3.05, 3.63) is 29.3 Å². The van der Waals surface area contributed by atoms with Crippen LogP contribution < -0.4 is 5.32 Å². The number of carbonyl (C=O) groups excluding carboxylic acids is 1. The number of fused-ring (bicyclic) bond motifs is 1. The van der Waals surface area contributed by atoms with E-state index in [1.807, 2.05) is 17.0 Å². The monoisotopic (exact) mass is 230 g/mol. The van der Waals surface area contributed by atoms with E-state index >= 15 is 0 Å². The summed E-state index contributed by atoms with van der Waals surface area (Å²) >= 11 is 0. The van der Waals surface area contributed by atoms with Crippen LogP contribution in [-0.2, 0) is 6.42 Å². The summed E-state index contributed by atoms with van der Waals surface area (Å²) in [6.07, 6.45) is 4.54. The van der Waals surface area contributed by atoms with Crippen molar-refractivity contribution in [1.82, 2.24) is 4.90 Å². The third-order valence-electron chi connectivity index (χ3n) is 3.74. The zero-order chi connectivity index (χ0) is 11.7. The highest BCUT2D eigenvalue weighted by Crippen LogP contribution is 2.27. The second-order valence-electron chi connectivity index (χ2n) is 4.86. The Kier molecular flexibility index (Phi) is 2.75. The number of hydrogen-bond acceptors (Lipinski definition) is 2. The topological polar surface area (TPSA) is 32.3 Å². The first-order valence-corrected chi connectivity index (χ1v) is 6.51. The fourth-order valence-electron chi connectivity index (χ4n) is 2.81. The molecule has 0 spiro atoms. The third-order valence-corrected chi connectivity index (χ3v) is 3.74. The average Bonchev–Trinajstić information content (AvgIpc) is 2.87. The predicted octanol–water partition coefficient (Wildman–Crippen LogP) is 2.28. The van der Waals surface area contributed by atoms with Gasteiger partial charge in [0.05, 0.1) is 0 Å². The smallest absolute Gasteiger partial charge is 0.254 e. The molecule has 0 unspecified atom stereocenters. The van der Waals surface area contributed by atoms with Crippen molar-refractivity contribution in [3.8, 4) is 0 Å². The van der Waals surface area contributed by atoms with Crippen LogP contribution in [0, 0.1) is 0 Å². The third kappa shape index (κ3) is 1.90. The Labute approximate surface area is 102 Å². The van der Waals surface area contributed by atoms with E-state index in [0.29, 0.717) is 0 Å². The van der Waals surface area contributed by atoms with E-state index in [0.717, 1.165) is 50.1 Å². The van der Waals surface area contributed by atoms with Gasteiger partial charge >= 0.3 is 0 Å². The fourth-order valence-corrected chi connectivity index (χ4v) is 2.81. The van der Waals surface area contributed by atoms with E-state index in [-0.39, 0.29) is 5.91 Å². The molecule has 17 heavy (non-hydrogen) atoms. The second kappa shape index (κ2) is 4.40. The van der Waals surface area contributed by atoms with E-state index in [1.165, 1.54) is 12.0 Å². The Hall–Kier alpha value is -1.51. The molecule has 1 aromatic rings. The first kappa shape index (κ1) is 10.6. The number of likely N-dealkylation sites (tertiary alicyclic amines) is 1. The second-order valence-corrected chi connectivity index (χ2v) is 4.86. The number of rotatable bonds is 1. The highest BCUT2D eigenvalue weighted by molar-refractivity contribution is 5.97. The van der Waals surface area contributed by atoms with Crippen molar-refractivity contribution in [2.24, 2.45) is 0 Å². The van der Waals surface area contributed by atoms with Crippen LogP contribution in [0.2, 0.25) is 0 Å². The van der Waals surface area contributed by atoms with Gasteiger partial charge in [0.25, 0.3) is 5.91 Å². The molecule has 0 radical (unpaired) electrons. The maximum atomic E-state index is 12.5. The van der Waals surface area contributed by atoms with Gasteiger partial charge in [0.2, 0.25) is 0 Å². The SMILES string of the molecule is O=C(c1cccc2c1CCN2)N1CCCCC1. The van der Waals surface area contributed by atoms with Gasteiger partial charge in [0, 0.05) is 30.9 Å². The van der Waals surface area contributed by atoms with E-state index in [1.54, 1.807) is 0 Å². The summed E-state index contributed by atoms with van der Waals surface area (Å²) in [4.78, 5) is 14.5. The van der Waals surface area contributed by atoms with Crippen molar-refractivity contribution in [2.45, 2.75) is 25.7 Å². The first-order valence-electron chi connectivity index (χ1n) is 6.51. The van der Waals surface area contributed by atoms with Gasteiger partial charge < -0.3 is 10.2 Å². The number of anilines is 1. The molecule has 1 fully saturated rings. The molecule has 0 saturated carbocycles. The van der Waals surface area contributed by atoms with Crippen LogP contribution in [0.4, 0.5) is 5.69 Å². The van der Waals surface area contributed by atoms with Gasteiger partial charge in [-0.05, 0) is 43.4 Å². The summed E-state index contributed by atoms with van der Waals surface area (Å²) < 4.78 is 0. The van der Waals surface area contributed by atoms with Gasteiger partial charge in [-0.15, -0.1) is 0 Å². The Morgan fingerprint density at radius 2 is 2.00 bits per heavy atom. The van der Waals surface area contributed by atoms with Gasteiger partial charge in [-0.2, -0.15) is 0 Å². The predicted molar refractivity (Wildman–Crippen MR) is 68.4 cm³/mol. The lowest BCUT2D eigenvalue weighted by atomic mass is 10.0. The molecule has 0 aromatic heterocycles. The molecule has 2 aliphatic rings. The number of piperidine rings is 1. The number of amides is 1. The van der Waals surface area contributed by atoms with Crippen LogP contribution >= 0.6 is 0 Å². The Bertz CT molecular complexity index is 436. The van der Waals surface area contributed by atoms with Gasteiger partial charge in [-0.3, -0.25) is 4.79 Å². The highest BCUT2D eigenvalue weighted by Gasteiger charge is 2.23. The standard InChI is InChI=1S/C14H18N2O/c17-14(16-9-2-1-3-10-16)12-5-4-6-13-11(12)7-8-15-13/h4-6,15H,1-3,7-10H2. The molecular formula is C14H18N2O. The minimum atomic E-state index is 0.227. The number of nitrogens with zero attached hydrogens (tertiary/aromatic N) is 1. The summed E-state index contributed by atoms with van der Waals surface area (Å²) in [6, 6.07) is 6.02. The lowest BCUT2D eigenvalue weighted by Crippen LogP contribution is -2.36. The van der Waals surface area contributed by atoms with E-state index in [9.17, 15) is 4.79 Å². The Balaban J connectivity index is 1.88. The van der Waals surface area contributed by atoms with Crippen molar-refractivity contribution in [2.75, 3.05) is 25.0 Å². The molecule has 3 nitrogen and oxygen atoms in total. The molecule has 0 aliphatic carbocycles. The highest BCUT2D eigenvalue weighted by atomic mass is 16.2. The van der Waals surface area contributed by atoms with Crippen LogP contribution in [0.15, 0.2) is 18.2 Å². The fraction of sp³-hybridized carbons (Fsp3) is 0.500. The normalized spacial score (nSPS) is 18.7. The van der Waals surface area contributed by atoms with Gasteiger partial charge in [-0.1, -0.05) is 6.07 Å². The van der Waals surface area contributed by atoms with Gasteiger partial charge in [0.15, 0.2) is 0 Å². The number of nitrogens with one attached hydrogen (secondary N) is 1. The molecule has 0 atom stereocenters. The number of carbonyl (C=O) groups is 1. The zero-order valence-corrected chi connectivity index (χ0v) is 10.0. The molecule has 0 bridgehead atoms. The van der Waals surface area contributed by atoms with E-state index in [4.69, 9.17) is 0 Å². The molecule has 1 N–H and O–H groups in total. The van der Waals surface area contributed by atoms with Crippen LogP contribution in [0.1, 0.15) is 35.2 Å². The molecular weight excluding hydrogens is 212 g/mol. The molecule has 1 aromatic carbocycles. The summed E-state index contributed by atoms with van der Waals surface area (Å²) in [7, 11) is 0. The molecule has 90 valence electrons. The Morgan fingerprint density at radius 1 is 1.18 bits per heavy atom. The molecule has 2 aliphatic heterocycles.